The smallest absolute Gasteiger partial charge is 0.245 e. The van der Waals surface area contributed by atoms with E-state index in [2.05, 4.69) is 5.32 Å². The van der Waals surface area contributed by atoms with Crippen LogP contribution in [-0.2, 0) is 27.2 Å². The Bertz CT molecular complexity index is 771. The quantitative estimate of drug-likeness (QED) is 0.793. The first-order valence-electron chi connectivity index (χ1n) is 9.48. The minimum atomic E-state index is -0.591. The van der Waals surface area contributed by atoms with E-state index in [1.54, 1.807) is 12.0 Å². The molecule has 6 nitrogen and oxygen atoms in total. The van der Waals surface area contributed by atoms with Gasteiger partial charge in [0.1, 0.15) is 11.8 Å². The Morgan fingerprint density at radius 3 is 2.36 bits per heavy atom. The summed E-state index contributed by atoms with van der Waals surface area (Å²) < 4.78 is 10.5. The number of nitrogens with one attached hydrogen (secondary N) is 1. The number of amides is 2. The fraction of sp³-hybridized carbons (Fsp3) is 0.364. The number of morpholine rings is 1. The molecule has 1 aliphatic rings. The summed E-state index contributed by atoms with van der Waals surface area (Å²) in [5, 5.41) is 2.94. The van der Waals surface area contributed by atoms with Gasteiger partial charge in [0, 0.05) is 19.5 Å². The first-order valence-corrected chi connectivity index (χ1v) is 9.48. The molecule has 148 valence electrons. The van der Waals surface area contributed by atoms with Crippen molar-refractivity contribution in [3.63, 3.8) is 0 Å². The van der Waals surface area contributed by atoms with Crippen molar-refractivity contribution in [2.75, 3.05) is 33.4 Å². The van der Waals surface area contributed by atoms with Crippen molar-refractivity contribution in [3.05, 3.63) is 65.7 Å². The molecule has 3 rings (SSSR count). The summed E-state index contributed by atoms with van der Waals surface area (Å²) in [4.78, 5) is 27.4. The Balaban J connectivity index is 1.67. The lowest BCUT2D eigenvalue weighted by Crippen LogP contribution is -2.52. The molecular weight excluding hydrogens is 356 g/mol. The molecule has 1 fully saturated rings. The number of nitrogens with zero attached hydrogens (tertiary/aromatic N) is 1. The van der Waals surface area contributed by atoms with E-state index in [1.165, 1.54) is 0 Å². The van der Waals surface area contributed by atoms with Gasteiger partial charge >= 0.3 is 0 Å². The van der Waals surface area contributed by atoms with E-state index in [4.69, 9.17) is 9.47 Å². The van der Waals surface area contributed by atoms with Crippen molar-refractivity contribution >= 4 is 11.8 Å². The SMILES string of the molecule is COc1ccc(CC(=O)N[C@@H](Cc2ccccc2)C(=O)N2CCOCC2)cc1. The molecule has 2 aromatic carbocycles. The van der Waals surface area contributed by atoms with Crippen molar-refractivity contribution in [2.45, 2.75) is 18.9 Å². The van der Waals surface area contributed by atoms with Crippen LogP contribution in [-0.4, -0.2) is 56.2 Å². The molecular formula is C22H26N2O4. The summed E-state index contributed by atoms with van der Waals surface area (Å²) in [6, 6.07) is 16.5. The van der Waals surface area contributed by atoms with Crippen molar-refractivity contribution in [2.24, 2.45) is 0 Å². The van der Waals surface area contributed by atoms with Gasteiger partial charge in [0.2, 0.25) is 11.8 Å². The highest BCUT2D eigenvalue weighted by molar-refractivity contribution is 5.88. The molecule has 6 heteroatoms. The van der Waals surface area contributed by atoms with E-state index >= 15 is 0 Å². The van der Waals surface area contributed by atoms with Gasteiger partial charge in [-0.3, -0.25) is 9.59 Å². The normalized spacial score (nSPS) is 15.0. The van der Waals surface area contributed by atoms with Crippen LogP contribution in [0.25, 0.3) is 0 Å². The van der Waals surface area contributed by atoms with Crippen LogP contribution < -0.4 is 10.1 Å². The fourth-order valence-electron chi connectivity index (χ4n) is 3.23. The third kappa shape index (κ3) is 5.57. The van der Waals surface area contributed by atoms with Gasteiger partial charge in [-0.15, -0.1) is 0 Å². The van der Waals surface area contributed by atoms with Gasteiger partial charge in [-0.05, 0) is 23.3 Å². The van der Waals surface area contributed by atoms with Gasteiger partial charge in [0.25, 0.3) is 0 Å². The number of ether oxygens (including phenoxy) is 2. The molecule has 0 unspecified atom stereocenters. The summed E-state index contributed by atoms with van der Waals surface area (Å²) in [5.74, 6) is 0.511. The molecule has 0 bridgehead atoms. The Kier molecular flexibility index (Phi) is 7.03. The van der Waals surface area contributed by atoms with E-state index in [-0.39, 0.29) is 18.2 Å². The molecule has 0 saturated carbocycles. The minimum absolute atomic E-state index is 0.0600. The van der Waals surface area contributed by atoms with Crippen LogP contribution in [0, 0.1) is 0 Å². The van der Waals surface area contributed by atoms with E-state index in [0.717, 1.165) is 16.9 Å². The highest BCUT2D eigenvalue weighted by Crippen LogP contribution is 2.12. The van der Waals surface area contributed by atoms with E-state index in [1.807, 2.05) is 54.6 Å². The Hall–Kier alpha value is -2.86. The Morgan fingerprint density at radius 2 is 1.71 bits per heavy atom. The predicted molar refractivity (Wildman–Crippen MR) is 106 cm³/mol. The minimum Gasteiger partial charge on any atom is -0.497 e. The number of methoxy groups -OCH3 is 1. The van der Waals surface area contributed by atoms with Crippen molar-refractivity contribution in [1.82, 2.24) is 10.2 Å². The molecule has 0 spiro atoms. The topological polar surface area (TPSA) is 67.9 Å². The zero-order valence-corrected chi connectivity index (χ0v) is 16.1. The monoisotopic (exact) mass is 382 g/mol. The molecule has 28 heavy (non-hydrogen) atoms. The summed E-state index contributed by atoms with van der Waals surface area (Å²) in [5.41, 5.74) is 1.88. The summed E-state index contributed by atoms with van der Waals surface area (Å²) in [6.45, 7) is 2.17. The van der Waals surface area contributed by atoms with E-state index < -0.39 is 6.04 Å². The lowest BCUT2D eigenvalue weighted by Gasteiger charge is -2.31. The predicted octanol–water partition coefficient (Wildman–Crippen LogP) is 1.82. The van der Waals surface area contributed by atoms with E-state index in [0.29, 0.717) is 32.7 Å². The van der Waals surface area contributed by atoms with Crippen LogP contribution in [0.5, 0.6) is 5.75 Å². The standard InChI is InChI=1S/C22H26N2O4/c1-27-19-9-7-18(8-10-19)16-21(25)23-20(15-17-5-3-2-4-6-17)22(26)24-11-13-28-14-12-24/h2-10,20H,11-16H2,1H3,(H,23,25)/t20-/m0/s1. The van der Waals surface area contributed by atoms with Crippen molar-refractivity contribution < 1.29 is 19.1 Å². The maximum absolute atomic E-state index is 13.0. The molecule has 2 amide bonds. The third-order valence-corrected chi connectivity index (χ3v) is 4.76. The maximum atomic E-state index is 13.0. The Labute approximate surface area is 165 Å². The van der Waals surface area contributed by atoms with Crippen LogP contribution in [0.15, 0.2) is 54.6 Å². The number of hydrogen-bond donors (Lipinski definition) is 1. The first-order chi connectivity index (χ1) is 13.7. The van der Waals surface area contributed by atoms with Gasteiger partial charge < -0.3 is 19.7 Å². The summed E-state index contributed by atoms with van der Waals surface area (Å²) in [7, 11) is 1.60. The van der Waals surface area contributed by atoms with Crippen LogP contribution >= 0.6 is 0 Å². The molecule has 1 aliphatic heterocycles. The second kappa shape index (κ2) is 9.90. The number of hydrogen-bond acceptors (Lipinski definition) is 4. The van der Waals surface area contributed by atoms with Crippen LogP contribution in [0.1, 0.15) is 11.1 Å². The number of carbonyl (C=O) groups excluding carboxylic acids is 2. The molecule has 0 radical (unpaired) electrons. The lowest BCUT2D eigenvalue weighted by molar-refractivity contribution is -0.139. The van der Waals surface area contributed by atoms with Crippen LogP contribution in [0.2, 0.25) is 0 Å². The fourth-order valence-corrected chi connectivity index (χ4v) is 3.23. The van der Waals surface area contributed by atoms with Crippen LogP contribution in [0.3, 0.4) is 0 Å². The average molecular weight is 382 g/mol. The van der Waals surface area contributed by atoms with Gasteiger partial charge in [0.05, 0.1) is 26.7 Å². The molecule has 0 aromatic heterocycles. The second-order valence-electron chi connectivity index (χ2n) is 6.77. The number of benzene rings is 2. The molecule has 1 heterocycles. The average Bonchev–Trinajstić information content (AvgIpc) is 2.74. The van der Waals surface area contributed by atoms with Gasteiger partial charge in [-0.2, -0.15) is 0 Å². The zero-order valence-electron chi connectivity index (χ0n) is 16.1. The molecule has 0 aliphatic carbocycles. The number of carbonyl (C=O) groups is 2. The molecule has 1 atom stereocenters. The zero-order chi connectivity index (χ0) is 19.8. The second-order valence-corrected chi connectivity index (χ2v) is 6.77. The van der Waals surface area contributed by atoms with Gasteiger partial charge in [0.15, 0.2) is 0 Å². The molecule has 2 aromatic rings. The van der Waals surface area contributed by atoms with Gasteiger partial charge in [-0.25, -0.2) is 0 Å². The maximum Gasteiger partial charge on any atom is 0.245 e. The highest BCUT2D eigenvalue weighted by atomic mass is 16.5. The Morgan fingerprint density at radius 1 is 1.04 bits per heavy atom. The summed E-state index contributed by atoms with van der Waals surface area (Å²) in [6.07, 6.45) is 0.678. The van der Waals surface area contributed by atoms with Gasteiger partial charge in [-0.1, -0.05) is 42.5 Å². The molecule has 1 saturated heterocycles. The van der Waals surface area contributed by atoms with E-state index in [9.17, 15) is 9.59 Å². The first kappa shape index (κ1) is 19.9. The highest BCUT2D eigenvalue weighted by Gasteiger charge is 2.27. The molecule has 1 N–H and O–H groups in total. The van der Waals surface area contributed by atoms with Crippen molar-refractivity contribution in [1.29, 1.82) is 0 Å². The summed E-state index contributed by atoms with van der Waals surface area (Å²) >= 11 is 0. The third-order valence-electron chi connectivity index (χ3n) is 4.76. The largest absolute Gasteiger partial charge is 0.497 e. The number of rotatable bonds is 7. The van der Waals surface area contributed by atoms with Crippen molar-refractivity contribution in [3.8, 4) is 5.75 Å². The lowest BCUT2D eigenvalue weighted by atomic mass is 10.0. The van der Waals surface area contributed by atoms with Crippen LogP contribution in [0.4, 0.5) is 0 Å².